The molecule has 31 heavy (non-hydrogen) atoms. The third kappa shape index (κ3) is 5.60. The number of non-ortho nitro benzene ring substituents is 1. The molecule has 0 aliphatic rings. The number of nitrogens with one attached hydrogen (secondary N) is 1. The number of thioether (sulfide) groups is 1. The highest BCUT2D eigenvalue weighted by atomic mass is 35.5. The smallest absolute Gasteiger partial charge is 0.271 e. The van der Waals surface area contributed by atoms with Crippen LogP contribution in [0.1, 0.15) is 6.92 Å². The van der Waals surface area contributed by atoms with Crippen LogP contribution in [0.4, 0.5) is 11.4 Å². The van der Waals surface area contributed by atoms with Crippen molar-refractivity contribution in [1.29, 1.82) is 0 Å². The molecule has 0 unspecified atom stereocenters. The number of amides is 1. The highest BCUT2D eigenvalue weighted by molar-refractivity contribution is 8.00. The van der Waals surface area contributed by atoms with Crippen LogP contribution in [0.5, 0.6) is 0 Å². The van der Waals surface area contributed by atoms with Crippen LogP contribution in [0.15, 0.2) is 53.7 Å². The second-order valence-corrected chi connectivity index (χ2v) is 8.20. The number of methoxy groups -OCH3 is 1. The fraction of sp³-hybridized carbons (Fsp3) is 0.250. The molecule has 0 saturated carbocycles. The lowest BCUT2D eigenvalue weighted by atomic mass is 10.2. The van der Waals surface area contributed by atoms with E-state index in [9.17, 15) is 14.9 Å². The van der Waals surface area contributed by atoms with Crippen LogP contribution in [0.2, 0.25) is 5.02 Å². The first-order valence-electron chi connectivity index (χ1n) is 9.29. The second-order valence-electron chi connectivity index (χ2n) is 6.49. The average molecular weight is 462 g/mol. The van der Waals surface area contributed by atoms with Gasteiger partial charge in [-0.25, -0.2) is 0 Å². The third-order valence-corrected chi connectivity index (χ3v) is 5.75. The maximum Gasteiger partial charge on any atom is 0.271 e. The predicted molar refractivity (Wildman–Crippen MR) is 119 cm³/mol. The van der Waals surface area contributed by atoms with Crippen molar-refractivity contribution in [3.63, 3.8) is 0 Å². The number of hydrogen-bond donors (Lipinski definition) is 1. The number of aromatic nitrogens is 3. The van der Waals surface area contributed by atoms with E-state index in [0.717, 1.165) is 5.56 Å². The minimum Gasteiger partial charge on any atom is -0.383 e. The highest BCUT2D eigenvalue weighted by Gasteiger charge is 2.22. The number of halogens is 1. The summed E-state index contributed by atoms with van der Waals surface area (Å²) in [4.78, 5) is 23.1. The molecule has 9 nitrogen and oxygen atoms in total. The number of carbonyl (C=O) groups is 1. The minimum atomic E-state index is -0.565. The van der Waals surface area contributed by atoms with Crippen molar-refractivity contribution in [1.82, 2.24) is 14.8 Å². The summed E-state index contributed by atoms with van der Waals surface area (Å²) >= 11 is 7.30. The number of nitro groups is 1. The van der Waals surface area contributed by atoms with Gasteiger partial charge in [0.2, 0.25) is 5.91 Å². The molecule has 0 saturated heterocycles. The quantitative estimate of drug-likeness (QED) is 0.287. The molecular formula is C20H20ClN5O4S. The molecule has 1 N–H and O–H groups in total. The molecule has 0 spiro atoms. The second kappa shape index (κ2) is 10.4. The largest absolute Gasteiger partial charge is 0.383 e. The molecule has 1 atom stereocenters. The Morgan fingerprint density at radius 2 is 2.03 bits per heavy atom. The number of rotatable bonds is 9. The van der Waals surface area contributed by atoms with Gasteiger partial charge in [-0.05, 0) is 13.0 Å². The fourth-order valence-corrected chi connectivity index (χ4v) is 3.77. The molecule has 3 aromatic rings. The van der Waals surface area contributed by atoms with E-state index in [4.69, 9.17) is 16.3 Å². The SMILES string of the molecule is COCCn1c(S[C@H](C)C(=O)Nc2cc([N+](=O)[O-])ccc2Cl)nnc1-c1ccccc1. The van der Waals surface area contributed by atoms with Gasteiger partial charge in [0, 0.05) is 24.8 Å². The van der Waals surface area contributed by atoms with Gasteiger partial charge in [0.25, 0.3) is 5.69 Å². The van der Waals surface area contributed by atoms with Crippen molar-refractivity contribution in [2.45, 2.75) is 23.9 Å². The summed E-state index contributed by atoms with van der Waals surface area (Å²) in [5.41, 5.74) is 0.921. The van der Waals surface area contributed by atoms with Gasteiger partial charge in [0.1, 0.15) is 0 Å². The monoisotopic (exact) mass is 461 g/mol. The molecule has 0 aliphatic carbocycles. The van der Waals surface area contributed by atoms with E-state index >= 15 is 0 Å². The average Bonchev–Trinajstić information content (AvgIpc) is 3.16. The predicted octanol–water partition coefficient (Wildman–Crippen LogP) is 4.27. The normalized spacial score (nSPS) is 11.8. The van der Waals surface area contributed by atoms with E-state index in [-0.39, 0.29) is 22.3 Å². The zero-order chi connectivity index (χ0) is 22.4. The molecule has 2 aromatic carbocycles. The molecule has 3 rings (SSSR count). The van der Waals surface area contributed by atoms with Crippen LogP contribution >= 0.6 is 23.4 Å². The Hall–Kier alpha value is -2.95. The van der Waals surface area contributed by atoms with Gasteiger partial charge in [-0.3, -0.25) is 19.5 Å². The number of hydrogen-bond acceptors (Lipinski definition) is 7. The first kappa shape index (κ1) is 22.7. The Morgan fingerprint density at radius 3 is 2.71 bits per heavy atom. The van der Waals surface area contributed by atoms with Gasteiger partial charge >= 0.3 is 0 Å². The van der Waals surface area contributed by atoms with Gasteiger partial charge in [-0.1, -0.05) is 53.7 Å². The molecule has 1 heterocycles. The number of anilines is 1. The van der Waals surface area contributed by atoms with Crippen molar-refractivity contribution in [2.24, 2.45) is 0 Å². The summed E-state index contributed by atoms with van der Waals surface area (Å²) in [6.45, 7) is 2.68. The van der Waals surface area contributed by atoms with Gasteiger partial charge < -0.3 is 10.1 Å². The van der Waals surface area contributed by atoms with E-state index in [0.29, 0.717) is 24.1 Å². The highest BCUT2D eigenvalue weighted by Crippen LogP contribution is 2.30. The molecule has 11 heteroatoms. The Bertz CT molecular complexity index is 1080. The van der Waals surface area contributed by atoms with E-state index in [1.54, 1.807) is 14.0 Å². The van der Waals surface area contributed by atoms with Crippen LogP contribution in [-0.4, -0.2) is 44.6 Å². The molecule has 0 bridgehead atoms. The standard InChI is InChI=1S/C20H20ClN5O4S/c1-13(19(27)22-17-12-15(26(28)29)8-9-16(17)21)31-20-24-23-18(25(20)10-11-30-2)14-6-4-3-5-7-14/h3-9,12-13H,10-11H2,1-2H3,(H,22,27)/t13-/m1/s1. The third-order valence-electron chi connectivity index (χ3n) is 4.34. The molecule has 1 aromatic heterocycles. The Balaban J connectivity index is 1.79. The number of benzene rings is 2. The summed E-state index contributed by atoms with van der Waals surface area (Å²) < 4.78 is 7.10. The van der Waals surface area contributed by atoms with Gasteiger partial charge in [-0.15, -0.1) is 10.2 Å². The first-order valence-corrected chi connectivity index (χ1v) is 10.6. The Labute approximate surface area is 187 Å². The lowest BCUT2D eigenvalue weighted by molar-refractivity contribution is -0.384. The minimum absolute atomic E-state index is 0.160. The molecule has 0 radical (unpaired) electrons. The van der Waals surface area contributed by atoms with E-state index < -0.39 is 10.2 Å². The molecule has 1 amide bonds. The number of ether oxygens (including phenoxy) is 1. The van der Waals surface area contributed by atoms with Crippen LogP contribution in [0.3, 0.4) is 0 Å². The number of nitrogens with zero attached hydrogens (tertiary/aromatic N) is 4. The summed E-state index contributed by atoms with van der Waals surface area (Å²) in [5.74, 6) is 0.310. The summed E-state index contributed by atoms with van der Waals surface area (Å²) in [5, 5.41) is 22.4. The molecule has 0 aliphatic heterocycles. The van der Waals surface area contributed by atoms with Crippen LogP contribution in [0.25, 0.3) is 11.4 Å². The summed E-state index contributed by atoms with van der Waals surface area (Å²) in [6, 6.07) is 13.5. The van der Waals surface area contributed by atoms with Gasteiger partial charge in [-0.2, -0.15) is 0 Å². The van der Waals surface area contributed by atoms with Crippen molar-refractivity contribution in [2.75, 3.05) is 19.0 Å². The van der Waals surface area contributed by atoms with Gasteiger partial charge in [0.15, 0.2) is 11.0 Å². The Kier molecular flexibility index (Phi) is 7.61. The van der Waals surface area contributed by atoms with E-state index in [2.05, 4.69) is 15.5 Å². The van der Waals surface area contributed by atoms with E-state index in [1.165, 1.54) is 30.0 Å². The fourth-order valence-electron chi connectivity index (χ4n) is 2.73. The molecular weight excluding hydrogens is 442 g/mol. The van der Waals surface area contributed by atoms with Crippen molar-refractivity contribution in [3.05, 3.63) is 63.7 Å². The number of carbonyl (C=O) groups excluding carboxylic acids is 1. The lowest BCUT2D eigenvalue weighted by Gasteiger charge is -2.14. The summed E-state index contributed by atoms with van der Waals surface area (Å²) in [6.07, 6.45) is 0. The molecule has 0 fully saturated rings. The van der Waals surface area contributed by atoms with Crippen molar-refractivity contribution in [3.8, 4) is 11.4 Å². The van der Waals surface area contributed by atoms with E-state index in [1.807, 2.05) is 34.9 Å². The number of nitro benzene ring substituents is 1. The lowest BCUT2D eigenvalue weighted by Crippen LogP contribution is -2.23. The zero-order valence-corrected chi connectivity index (χ0v) is 18.4. The molecule has 162 valence electrons. The van der Waals surface area contributed by atoms with Crippen LogP contribution in [-0.2, 0) is 16.1 Å². The zero-order valence-electron chi connectivity index (χ0n) is 16.8. The van der Waals surface area contributed by atoms with Gasteiger partial charge in [0.05, 0.1) is 34.0 Å². The van der Waals surface area contributed by atoms with Crippen LogP contribution in [0, 0.1) is 10.1 Å². The van der Waals surface area contributed by atoms with Crippen LogP contribution < -0.4 is 5.32 Å². The van der Waals surface area contributed by atoms with Crippen molar-refractivity contribution < 1.29 is 14.5 Å². The van der Waals surface area contributed by atoms with Crippen molar-refractivity contribution >= 4 is 40.6 Å². The maximum absolute atomic E-state index is 12.7. The topological polar surface area (TPSA) is 112 Å². The maximum atomic E-state index is 12.7. The Morgan fingerprint density at radius 1 is 1.29 bits per heavy atom. The first-order chi connectivity index (χ1) is 14.9. The summed E-state index contributed by atoms with van der Waals surface area (Å²) in [7, 11) is 1.61.